The molecular weight excluding hydrogens is 454 g/mol. The van der Waals surface area contributed by atoms with E-state index in [-0.39, 0.29) is 16.4 Å². The molecule has 2 aromatic carbocycles. The number of fused-ring (bicyclic) bond motifs is 1. The Balaban J connectivity index is 1.39. The number of rotatable bonds is 5. The number of nitrogens with zero attached hydrogens (tertiary/aromatic N) is 5. The van der Waals surface area contributed by atoms with Crippen LogP contribution in [0.25, 0.3) is 0 Å². The van der Waals surface area contributed by atoms with Crippen molar-refractivity contribution < 1.29 is 17.9 Å². The van der Waals surface area contributed by atoms with Crippen LogP contribution in [-0.2, 0) is 16.4 Å². The fraction of sp³-hybridized carbons (Fsp3) is 0.292. The number of hydrogen-bond donors (Lipinski definition) is 0. The molecule has 1 fully saturated rings. The zero-order valence-electron chi connectivity index (χ0n) is 18.8. The second kappa shape index (κ2) is 8.94. The minimum Gasteiger partial charge on any atom is -0.496 e. The van der Waals surface area contributed by atoms with E-state index in [2.05, 4.69) is 9.97 Å². The number of anilines is 2. The van der Waals surface area contributed by atoms with Gasteiger partial charge in [0.05, 0.1) is 23.3 Å². The molecule has 3 heterocycles. The van der Waals surface area contributed by atoms with Crippen molar-refractivity contribution in [1.29, 1.82) is 0 Å². The predicted molar refractivity (Wildman–Crippen MR) is 128 cm³/mol. The third-order valence-corrected chi connectivity index (χ3v) is 8.04. The molecule has 1 aromatic heterocycles. The number of methoxy groups -OCH3 is 1. The van der Waals surface area contributed by atoms with Crippen LogP contribution in [0.1, 0.15) is 15.9 Å². The Morgan fingerprint density at radius 1 is 0.941 bits per heavy atom. The molecule has 1 amide bonds. The number of sulfonamides is 1. The van der Waals surface area contributed by atoms with Gasteiger partial charge in [-0.25, -0.2) is 18.4 Å². The van der Waals surface area contributed by atoms with E-state index >= 15 is 0 Å². The largest absolute Gasteiger partial charge is 0.496 e. The molecule has 0 saturated carbocycles. The van der Waals surface area contributed by atoms with Crippen LogP contribution in [0.4, 0.5) is 11.6 Å². The number of carbonyl (C=O) groups is 1. The molecule has 5 rings (SSSR count). The monoisotopic (exact) mass is 479 g/mol. The van der Waals surface area contributed by atoms with Gasteiger partial charge in [0.25, 0.3) is 15.9 Å². The summed E-state index contributed by atoms with van der Waals surface area (Å²) in [6.45, 7) is 2.48. The minimum atomic E-state index is -3.83. The van der Waals surface area contributed by atoms with E-state index in [1.54, 1.807) is 29.4 Å². The van der Waals surface area contributed by atoms with Crippen LogP contribution < -0.4 is 13.9 Å². The molecule has 34 heavy (non-hydrogen) atoms. The summed E-state index contributed by atoms with van der Waals surface area (Å²) in [6, 6.07) is 13.7. The highest BCUT2D eigenvalue weighted by molar-refractivity contribution is 7.92. The number of para-hydroxylation sites is 1. The molecule has 1 saturated heterocycles. The summed E-state index contributed by atoms with van der Waals surface area (Å²) in [6.07, 6.45) is 4.04. The van der Waals surface area contributed by atoms with Crippen LogP contribution in [0.5, 0.6) is 5.75 Å². The summed E-state index contributed by atoms with van der Waals surface area (Å²) < 4.78 is 33.8. The van der Waals surface area contributed by atoms with Crippen molar-refractivity contribution in [2.45, 2.75) is 11.3 Å². The highest BCUT2D eigenvalue weighted by Crippen LogP contribution is 2.34. The number of aromatic nitrogens is 2. The van der Waals surface area contributed by atoms with Crippen LogP contribution in [0.15, 0.2) is 65.8 Å². The number of carbonyl (C=O) groups excluding carboxylic acids is 1. The van der Waals surface area contributed by atoms with Crippen molar-refractivity contribution in [1.82, 2.24) is 14.9 Å². The zero-order chi connectivity index (χ0) is 23.7. The first kappa shape index (κ1) is 22.1. The Bertz CT molecular complexity index is 1310. The van der Waals surface area contributed by atoms with Gasteiger partial charge in [-0.15, -0.1) is 0 Å². The van der Waals surface area contributed by atoms with E-state index in [0.717, 1.165) is 5.56 Å². The van der Waals surface area contributed by atoms with Crippen molar-refractivity contribution in [2.24, 2.45) is 0 Å². The van der Waals surface area contributed by atoms with Gasteiger partial charge in [-0.1, -0.05) is 18.2 Å². The minimum absolute atomic E-state index is 0.0738. The van der Waals surface area contributed by atoms with Crippen LogP contribution in [-0.4, -0.2) is 69.0 Å². The molecule has 0 radical (unpaired) electrons. The van der Waals surface area contributed by atoms with Gasteiger partial charge in [-0.3, -0.25) is 9.10 Å². The van der Waals surface area contributed by atoms with Gasteiger partial charge in [0.2, 0.25) is 5.95 Å². The standard InChI is InChI=1S/C24H25N5O4S/c1-33-22-8-7-19(34(31,32)29-12-9-18-5-2-3-6-21(18)29)17-20(22)23(30)27-13-15-28(16-14-27)24-25-10-4-11-26-24/h2-8,10-11,17H,9,12-16H2,1H3. The van der Waals surface area contributed by atoms with Gasteiger partial charge in [-0.2, -0.15) is 0 Å². The first-order valence-electron chi connectivity index (χ1n) is 11.1. The average Bonchev–Trinajstić information content (AvgIpc) is 3.34. The summed E-state index contributed by atoms with van der Waals surface area (Å²) in [5.74, 6) is 0.718. The Labute approximate surface area is 198 Å². The molecule has 2 aliphatic rings. The quantitative estimate of drug-likeness (QED) is 0.554. The lowest BCUT2D eigenvalue weighted by Crippen LogP contribution is -2.49. The second-order valence-corrected chi connectivity index (χ2v) is 10.0. The fourth-order valence-electron chi connectivity index (χ4n) is 4.43. The SMILES string of the molecule is COc1ccc(S(=O)(=O)N2CCc3ccccc32)cc1C(=O)N1CCN(c2ncccn2)CC1. The smallest absolute Gasteiger partial charge is 0.264 e. The highest BCUT2D eigenvalue weighted by atomic mass is 32.2. The molecule has 9 nitrogen and oxygen atoms in total. The summed E-state index contributed by atoms with van der Waals surface area (Å²) in [5.41, 5.74) is 1.92. The number of benzene rings is 2. The maximum absolute atomic E-state index is 13.5. The van der Waals surface area contributed by atoms with E-state index in [9.17, 15) is 13.2 Å². The Morgan fingerprint density at radius 3 is 2.41 bits per heavy atom. The van der Waals surface area contributed by atoms with Gasteiger partial charge in [-0.05, 0) is 42.3 Å². The number of piperazine rings is 1. The molecule has 10 heteroatoms. The Hall–Kier alpha value is -3.66. The molecule has 2 aliphatic heterocycles. The number of hydrogen-bond acceptors (Lipinski definition) is 7. The van der Waals surface area contributed by atoms with E-state index in [0.29, 0.717) is 56.5 Å². The zero-order valence-corrected chi connectivity index (χ0v) is 19.6. The van der Waals surface area contributed by atoms with Crippen molar-refractivity contribution >= 4 is 27.6 Å². The lowest BCUT2D eigenvalue weighted by Gasteiger charge is -2.35. The molecule has 0 spiro atoms. The fourth-order valence-corrected chi connectivity index (χ4v) is 5.96. The van der Waals surface area contributed by atoms with Gasteiger partial charge in [0.1, 0.15) is 5.75 Å². The van der Waals surface area contributed by atoms with E-state index in [4.69, 9.17) is 4.74 Å². The third kappa shape index (κ3) is 3.94. The molecule has 176 valence electrons. The van der Waals surface area contributed by atoms with Crippen LogP contribution in [0, 0.1) is 0 Å². The number of amides is 1. The predicted octanol–water partition coefficient (Wildman–Crippen LogP) is 2.20. The maximum atomic E-state index is 13.5. The van der Waals surface area contributed by atoms with Gasteiger partial charge in [0.15, 0.2) is 0 Å². The normalized spacial score (nSPS) is 15.9. The van der Waals surface area contributed by atoms with Gasteiger partial charge >= 0.3 is 0 Å². The summed E-state index contributed by atoms with van der Waals surface area (Å²) in [5, 5.41) is 0. The maximum Gasteiger partial charge on any atom is 0.264 e. The summed E-state index contributed by atoms with van der Waals surface area (Å²) in [4.78, 5) is 25.8. The van der Waals surface area contributed by atoms with Crippen LogP contribution in [0.3, 0.4) is 0 Å². The molecule has 3 aromatic rings. The van der Waals surface area contributed by atoms with Gasteiger partial charge in [0, 0.05) is 45.1 Å². The summed E-state index contributed by atoms with van der Waals surface area (Å²) in [7, 11) is -2.35. The number of ether oxygens (including phenoxy) is 1. The van der Waals surface area contributed by atoms with Crippen molar-refractivity contribution in [3.63, 3.8) is 0 Å². The topological polar surface area (TPSA) is 95.9 Å². The Morgan fingerprint density at radius 2 is 1.68 bits per heavy atom. The molecule has 0 unspecified atom stereocenters. The third-order valence-electron chi connectivity index (χ3n) is 6.24. The van der Waals surface area contributed by atoms with E-state index in [1.165, 1.54) is 23.5 Å². The van der Waals surface area contributed by atoms with Crippen LogP contribution >= 0.6 is 0 Å². The van der Waals surface area contributed by atoms with Crippen molar-refractivity contribution in [2.75, 3.05) is 49.0 Å². The first-order valence-corrected chi connectivity index (χ1v) is 12.5. The lowest BCUT2D eigenvalue weighted by atomic mass is 10.1. The Kier molecular flexibility index (Phi) is 5.82. The average molecular weight is 480 g/mol. The second-order valence-electron chi connectivity index (χ2n) is 8.15. The van der Waals surface area contributed by atoms with Crippen LogP contribution in [0.2, 0.25) is 0 Å². The lowest BCUT2D eigenvalue weighted by molar-refractivity contribution is 0.0742. The first-order chi connectivity index (χ1) is 16.5. The highest BCUT2D eigenvalue weighted by Gasteiger charge is 2.32. The van der Waals surface area contributed by atoms with Gasteiger partial charge < -0.3 is 14.5 Å². The van der Waals surface area contributed by atoms with Crippen molar-refractivity contribution in [3.8, 4) is 5.75 Å². The van der Waals surface area contributed by atoms with E-state index < -0.39 is 10.0 Å². The molecule has 0 aliphatic carbocycles. The summed E-state index contributed by atoms with van der Waals surface area (Å²) >= 11 is 0. The van der Waals surface area contributed by atoms with Crippen molar-refractivity contribution in [3.05, 3.63) is 72.1 Å². The molecule has 0 N–H and O–H groups in total. The molecular formula is C24H25N5O4S. The van der Waals surface area contributed by atoms with E-state index in [1.807, 2.05) is 29.2 Å². The molecule has 0 bridgehead atoms. The molecule has 0 atom stereocenters.